The number of nitrogens with one attached hydrogen (secondary N) is 2. The van der Waals surface area contributed by atoms with Crippen molar-refractivity contribution in [3.8, 4) is 11.5 Å². The second kappa shape index (κ2) is 7.73. The maximum absolute atomic E-state index is 11.8. The van der Waals surface area contributed by atoms with Crippen LogP contribution in [0, 0.1) is 5.92 Å². The van der Waals surface area contributed by atoms with Crippen molar-refractivity contribution in [1.82, 2.24) is 5.32 Å². The Balaban J connectivity index is 2.77. The largest absolute Gasteiger partial charge is 0.495 e. The van der Waals surface area contributed by atoms with Gasteiger partial charge in [-0.25, -0.2) is 0 Å². The maximum Gasteiger partial charge on any atom is 0.243 e. The summed E-state index contributed by atoms with van der Waals surface area (Å²) >= 11 is 5.98. The van der Waals surface area contributed by atoms with E-state index in [1.54, 1.807) is 26.0 Å². The Morgan fingerprint density at radius 1 is 1.19 bits per heavy atom. The van der Waals surface area contributed by atoms with Gasteiger partial charge in [0, 0.05) is 18.1 Å². The number of amides is 2. The molecule has 0 atom stereocenters. The zero-order valence-corrected chi connectivity index (χ0v) is 13.2. The van der Waals surface area contributed by atoms with E-state index in [1.807, 2.05) is 0 Å². The molecule has 0 radical (unpaired) electrons. The van der Waals surface area contributed by atoms with Crippen LogP contribution in [0.1, 0.15) is 13.8 Å². The van der Waals surface area contributed by atoms with Crippen LogP contribution in [0.25, 0.3) is 0 Å². The molecule has 1 rings (SSSR count). The van der Waals surface area contributed by atoms with Crippen LogP contribution in [-0.4, -0.2) is 32.6 Å². The first-order valence-corrected chi connectivity index (χ1v) is 6.76. The molecule has 0 aliphatic carbocycles. The molecule has 0 saturated carbocycles. The summed E-state index contributed by atoms with van der Waals surface area (Å²) in [6.07, 6.45) is 0. The molecule has 2 amide bonds. The van der Waals surface area contributed by atoms with Crippen molar-refractivity contribution >= 4 is 29.1 Å². The summed E-state index contributed by atoms with van der Waals surface area (Å²) in [6.45, 7) is 3.38. The van der Waals surface area contributed by atoms with Crippen molar-refractivity contribution in [3.05, 3.63) is 17.2 Å². The molecule has 6 nitrogen and oxygen atoms in total. The lowest BCUT2D eigenvalue weighted by molar-refractivity contribution is -0.126. The van der Waals surface area contributed by atoms with Gasteiger partial charge in [0.05, 0.1) is 31.5 Å². The Bertz CT molecular complexity index is 532. The molecule has 116 valence electrons. The molecule has 0 aromatic heterocycles. The summed E-state index contributed by atoms with van der Waals surface area (Å²) < 4.78 is 10.2. The van der Waals surface area contributed by atoms with Crippen molar-refractivity contribution in [2.45, 2.75) is 13.8 Å². The Morgan fingerprint density at radius 3 is 2.33 bits per heavy atom. The fraction of sp³-hybridized carbons (Fsp3) is 0.429. The van der Waals surface area contributed by atoms with Crippen LogP contribution < -0.4 is 20.1 Å². The van der Waals surface area contributed by atoms with Gasteiger partial charge in [-0.1, -0.05) is 25.4 Å². The zero-order valence-electron chi connectivity index (χ0n) is 12.5. The summed E-state index contributed by atoms with van der Waals surface area (Å²) in [5.74, 6) is 0.0868. The van der Waals surface area contributed by atoms with E-state index in [2.05, 4.69) is 10.6 Å². The monoisotopic (exact) mass is 314 g/mol. The van der Waals surface area contributed by atoms with E-state index in [0.29, 0.717) is 22.2 Å². The van der Waals surface area contributed by atoms with Crippen molar-refractivity contribution in [2.75, 3.05) is 26.1 Å². The third kappa shape index (κ3) is 4.82. The highest BCUT2D eigenvalue weighted by Crippen LogP contribution is 2.35. The van der Waals surface area contributed by atoms with E-state index in [0.717, 1.165) is 0 Å². The van der Waals surface area contributed by atoms with Gasteiger partial charge in [0.25, 0.3) is 0 Å². The van der Waals surface area contributed by atoms with Crippen molar-refractivity contribution < 1.29 is 19.1 Å². The van der Waals surface area contributed by atoms with Crippen LogP contribution in [0.5, 0.6) is 11.5 Å². The van der Waals surface area contributed by atoms with Crippen LogP contribution in [-0.2, 0) is 9.59 Å². The highest BCUT2D eigenvalue weighted by atomic mass is 35.5. The third-order valence-electron chi connectivity index (χ3n) is 2.70. The number of carbonyl (C=O) groups is 2. The van der Waals surface area contributed by atoms with E-state index in [1.165, 1.54) is 14.2 Å². The molecule has 0 bridgehead atoms. The molecule has 0 saturated heterocycles. The number of rotatable bonds is 6. The molecule has 21 heavy (non-hydrogen) atoms. The number of hydrogen-bond acceptors (Lipinski definition) is 4. The van der Waals surface area contributed by atoms with Gasteiger partial charge in [0.2, 0.25) is 11.8 Å². The first-order valence-electron chi connectivity index (χ1n) is 6.38. The Kier molecular flexibility index (Phi) is 6.30. The average molecular weight is 315 g/mol. The number of benzene rings is 1. The van der Waals surface area contributed by atoms with E-state index < -0.39 is 0 Å². The Labute approximate surface area is 128 Å². The average Bonchev–Trinajstić information content (AvgIpc) is 2.45. The SMILES string of the molecule is COc1cc(NC(=O)CNC(=O)C(C)C)c(OC)cc1Cl. The number of carbonyl (C=O) groups excluding carboxylic acids is 2. The fourth-order valence-corrected chi connectivity index (χ4v) is 1.75. The minimum Gasteiger partial charge on any atom is -0.495 e. The van der Waals surface area contributed by atoms with Crippen molar-refractivity contribution in [2.24, 2.45) is 5.92 Å². The van der Waals surface area contributed by atoms with E-state index in [4.69, 9.17) is 21.1 Å². The number of methoxy groups -OCH3 is 2. The quantitative estimate of drug-likeness (QED) is 0.842. The van der Waals surface area contributed by atoms with Crippen LogP contribution >= 0.6 is 11.6 Å². The molecule has 0 unspecified atom stereocenters. The Morgan fingerprint density at radius 2 is 1.81 bits per heavy atom. The molecule has 7 heteroatoms. The second-order valence-corrected chi connectivity index (χ2v) is 5.01. The van der Waals surface area contributed by atoms with Gasteiger partial charge in [-0.15, -0.1) is 0 Å². The minimum absolute atomic E-state index is 0.120. The topological polar surface area (TPSA) is 76.7 Å². The lowest BCUT2D eigenvalue weighted by Crippen LogP contribution is -2.35. The number of hydrogen-bond donors (Lipinski definition) is 2. The summed E-state index contributed by atoms with van der Waals surface area (Å²) in [6, 6.07) is 3.10. The normalized spacial score (nSPS) is 10.2. The molecular formula is C14H19ClN2O4. The van der Waals surface area contributed by atoms with Gasteiger partial charge < -0.3 is 20.1 Å². The zero-order chi connectivity index (χ0) is 16.0. The molecule has 0 aliphatic rings. The summed E-state index contributed by atoms with van der Waals surface area (Å²) in [4.78, 5) is 23.3. The lowest BCUT2D eigenvalue weighted by Gasteiger charge is -2.13. The predicted octanol–water partition coefficient (Wildman–Crippen LogP) is 2.07. The number of ether oxygens (including phenoxy) is 2. The smallest absolute Gasteiger partial charge is 0.243 e. The molecule has 2 N–H and O–H groups in total. The summed E-state index contributed by atoms with van der Waals surface area (Å²) in [5.41, 5.74) is 0.419. The van der Waals surface area contributed by atoms with E-state index in [-0.39, 0.29) is 24.3 Å². The van der Waals surface area contributed by atoms with Crippen LogP contribution in [0.3, 0.4) is 0 Å². The second-order valence-electron chi connectivity index (χ2n) is 4.61. The van der Waals surface area contributed by atoms with E-state index in [9.17, 15) is 9.59 Å². The molecule has 0 fully saturated rings. The molecule has 0 heterocycles. The van der Waals surface area contributed by atoms with Gasteiger partial charge in [-0.3, -0.25) is 9.59 Å². The predicted molar refractivity (Wildman–Crippen MR) is 81.0 cm³/mol. The van der Waals surface area contributed by atoms with E-state index >= 15 is 0 Å². The number of halogens is 1. The first-order chi connectivity index (χ1) is 9.88. The van der Waals surface area contributed by atoms with Gasteiger partial charge >= 0.3 is 0 Å². The standard InChI is InChI=1S/C14H19ClN2O4/c1-8(2)14(19)16-7-13(18)17-10-6-11(20-3)9(15)5-12(10)21-4/h5-6,8H,7H2,1-4H3,(H,16,19)(H,17,18). The van der Waals surface area contributed by atoms with Gasteiger partial charge in [0.1, 0.15) is 11.5 Å². The van der Waals surface area contributed by atoms with Crippen molar-refractivity contribution in [3.63, 3.8) is 0 Å². The number of anilines is 1. The van der Waals surface area contributed by atoms with Crippen LogP contribution in [0.4, 0.5) is 5.69 Å². The third-order valence-corrected chi connectivity index (χ3v) is 2.99. The van der Waals surface area contributed by atoms with Gasteiger partial charge in [-0.05, 0) is 0 Å². The molecule has 0 aliphatic heterocycles. The maximum atomic E-state index is 11.8. The first kappa shape index (κ1) is 17.1. The molecule has 1 aromatic rings. The highest BCUT2D eigenvalue weighted by Gasteiger charge is 2.14. The fourth-order valence-electron chi connectivity index (χ4n) is 1.52. The molecular weight excluding hydrogens is 296 g/mol. The van der Waals surface area contributed by atoms with Gasteiger partial charge in [-0.2, -0.15) is 0 Å². The minimum atomic E-state index is -0.369. The van der Waals surface area contributed by atoms with Gasteiger partial charge in [0.15, 0.2) is 0 Å². The summed E-state index contributed by atoms with van der Waals surface area (Å²) in [5, 5.41) is 5.55. The van der Waals surface area contributed by atoms with Crippen LogP contribution in [0.15, 0.2) is 12.1 Å². The summed E-state index contributed by atoms with van der Waals surface area (Å²) in [7, 11) is 2.94. The Hall–Kier alpha value is -1.95. The lowest BCUT2D eigenvalue weighted by atomic mass is 10.2. The molecule has 0 spiro atoms. The highest BCUT2D eigenvalue weighted by molar-refractivity contribution is 6.32. The van der Waals surface area contributed by atoms with Crippen molar-refractivity contribution in [1.29, 1.82) is 0 Å². The van der Waals surface area contributed by atoms with Crippen LogP contribution in [0.2, 0.25) is 5.02 Å². The molecule has 1 aromatic carbocycles.